The minimum absolute atomic E-state index is 0.309. The first-order chi connectivity index (χ1) is 6.74. The standard InChI is InChI=1S/C11H23NOS/c1-9(10(2)13-3)12-6-7-14-8-11-4-5-11/h9-12H,4-8H2,1-3H3. The first-order valence-electron chi connectivity index (χ1n) is 5.58. The van der Waals surface area contributed by atoms with E-state index in [2.05, 4.69) is 30.9 Å². The van der Waals surface area contributed by atoms with Crippen LogP contribution in [0.2, 0.25) is 0 Å². The fourth-order valence-corrected chi connectivity index (χ4v) is 2.36. The van der Waals surface area contributed by atoms with Crippen molar-refractivity contribution in [3.8, 4) is 0 Å². The van der Waals surface area contributed by atoms with Gasteiger partial charge in [-0.3, -0.25) is 0 Å². The lowest BCUT2D eigenvalue weighted by atomic mass is 10.2. The van der Waals surface area contributed by atoms with E-state index in [0.29, 0.717) is 12.1 Å². The summed E-state index contributed by atoms with van der Waals surface area (Å²) >= 11 is 2.08. The first kappa shape index (κ1) is 12.3. The molecule has 0 saturated heterocycles. The maximum atomic E-state index is 5.25. The van der Waals surface area contributed by atoms with Crippen LogP contribution in [-0.4, -0.2) is 37.3 Å². The Balaban J connectivity index is 1.86. The molecule has 0 aromatic rings. The Morgan fingerprint density at radius 2 is 2.14 bits per heavy atom. The molecule has 1 fully saturated rings. The Morgan fingerprint density at radius 1 is 1.43 bits per heavy atom. The summed E-state index contributed by atoms with van der Waals surface area (Å²) in [5, 5.41) is 3.48. The van der Waals surface area contributed by atoms with Crippen molar-refractivity contribution in [1.29, 1.82) is 0 Å². The van der Waals surface area contributed by atoms with Crippen molar-refractivity contribution in [3.63, 3.8) is 0 Å². The Bertz CT molecular complexity index is 150. The van der Waals surface area contributed by atoms with Crippen LogP contribution in [0.25, 0.3) is 0 Å². The van der Waals surface area contributed by atoms with E-state index in [1.807, 2.05) is 0 Å². The van der Waals surface area contributed by atoms with Crippen molar-refractivity contribution in [2.24, 2.45) is 5.92 Å². The maximum absolute atomic E-state index is 5.25. The molecule has 1 aliphatic carbocycles. The molecule has 0 amide bonds. The highest BCUT2D eigenvalue weighted by molar-refractivity contribution is 7.99. The fraction of sp³-hybridized carbons (Fsp3) is 1.00. The Kier molecular flexibility index (Phi) is 5.90. The largest absolute Gasteiger partial charge is 0.380 e. The summed E-state index contributed by atoms with van der Waals surface area (Å²) in [7, 11) is 1.77. The molecule has 1 N–H and O–H groups in total. The van der Waals surface area contributed by atoms with Crippen LogP contribution in [0.1, 0.15) is 26.7 Å². The SMILES string of the molecule is COC(C)C(C)NCCSCC1CC1. The van der Waals surface area contributed by atoms with Gasteiger partial charge in [0.05, 0.1) is 6.10 Å². The lowest BCUT2D eigenvalue weighted by molar-refractivity contribution is 0.0895. The van der Waals surface area contributed by atoms with Gasteiger partial charge in [0, 0.05) is 25.4 Å². The van der Waals surface area contributed by atoms with E-state index in [1.165, 1.54) is 24.3 Å². The van der Waals surface area contributed by atoms with Crippen LogP contribution >= 0.6 is 11.8 Å². The molecule has 0 heterocycles. The molecule has 2 atom stereocenters. The summed E-state index contributed by atoms with van der Waals surface area (Å²) < 4.78 is 5.25. The predicted octanol–water partition coefficient (Wildman–Crippen LogP) is 2.14. The van der Waals surface area contributed by atoms with E-state index >= 15 is 0 Å². The summed E-state index contributed by atoms with van der Waals surface area (Å²) in [6.07, 6.45) is 3.25. The van der Waals surface area contributed by atoms with Gasteiger partial charge >= 0.3 is 0 Å². The summed E-state index contributed by atoms with van der Waals surface area (Å²) in [5.41, 5.74) is 0. The topological polar surface area (TPSA) is 21.3 Å². The average Bonchev–Trinajstić information content (AvgIpc) is 2.99. The third-order valence-electron chi connectivity index (χ3n) is 2.84. The van der Waals surface area contributed by atoms with Gasteiger partial charge in [-0.25, -0.2) is 0 Å². The third-order valence-corrected chi connectivity index (χ3v) is 4.04. The molecule has 2 nitrogen and oxygen atoms in total. The number of nitrogens with one attached hydrogen (secondary N) is 1. The number of ether oxygens (including phenoxy) is 1. The quantitative estimate of drug-likeness (QED) is 0.629. The molecule has 14 heavy (non-hydrogen) atoms. The Labute approximate surface area is 92.2 Å². The number of hydrogen-bond acceptors (Lipinski definition) is 3. The number of rotatable bonds is 8. The zero-order valence-corrected chi connectivity index (χ0v) is 10.4. The van der Waals surface area contributed by atoms with Crippen LogP contribution < -0.4 is 5.32 Å². The van der Waals surface area contributed by atoms with Crippen LogP contribution in [0, 0.1) is 5.92 Å². The van der Waals surface area contributed by atoms with Gasteiger partial charge < -0.3 is 10.1 Å². The van der Waals surface area contributed by atoms with Gasteiger partial charge in [-0.15, -0.1) is 0 Å². The second kappa shape index (κ2) is 6.70. The molecule has 2 unspecified atom stereocenters. The summed E-state index contributed by atoms with van der Waals surface area (Å²) in [4.78, 5) is 0. The van der Waals surface area contributed by atoms with Gasteiger partial charge in [-0.05, 0) is 38.4 Å². The molecule has 0 bridgehead atoms. The van der Waals surface area contributed by atoms with Crippen molar-refractivity contribution in [3.05, 3.63) is 0 Å². The smallest absolute Gasteiger partial charge is 0.0693 e. The summed E-state index contributed by atoms with van der Waals surface area (Å²) in [6.45, 7) is 5.39. The van der Waals surface area contributed by atoms with E-state index < -0.39 is 0 Å². The molecule has 3 heteroatoms. The molecule has 0 radical (unpaired) electrons. The fourth-order valence-electron chi connectivity index (χ4n) is 1.26. The minimum Gasteiger partial charge on any atom is -0.380 e. The minimum atomic E-state index is 0.309. The van der Waals surface area contributed by atoms with E-state index in [1.54, 1.807) is 7.11 Å². The van der Waals surface area contributed by atoms with E-state index in [4.69, 9.17) is 4.74 Å². The van der Waals surface area contributed by atoms with Crippen LogP contribution in [-0.2, 0) is 4.74 Å². The maximum Gasteiger partial charge on any atom is 0.0693 e. The molecule has 0 aromatic carbocycles. The van der Waals surface area contributed by atoms with Crippen LogP contribution in [0.4, 0.5) is 0 Å². The van der Waals surface area contributed by atoms with Crippen LogP contribution in [0.5, 0.6) is 0 Å². The Hall–Kier alpha value is 0.270. The second-order valence-electron chi connectivity index (χ2n) is 4.20. The number of methoxy groups -OCH3 is 1. The normalized spacial score (nSPS) is 20.8. The van der Waals surface area contributed by atoms with Gasteiger partial charge in [0.15, 0.2) is 0 Å². The van der Waals surface area contributed by atoms with Crippen molar-refractivity contribution in [2.45, 2.75) is 38.8 Å². The van der Waals surface area contributed by atoms with Crippen molar-refractivity contribution in [1.82, 2.24) is 5.32 Å². The highest BCUT2D eigenvalue weighted by Gasteiger charge is 2.20. The molecular weight excluding hydrogens is 194 g/mol. The van der Waals surface area contributed by atoms with Gasteiger partial charge in [0.2, 0.25) is 0 Å². The zero-order valence-electron chi connectivity index (χ0n) is 9.58. The third kappa shape index (κ3) is 5.23. The highest BCUT2D eigenvalue weighted by atomic mass is 32.2. The molecule has 1 saturated carbocycles. The van der Waals surface area contributed by atoms with Gasteiger partial charge in [0.25, 0.3) is 0 Å². The molecule has 1 rings (SSSR count). The summed E-state index contributed by atoms with van der Waals surface area (Å²) in [5.74, 6) is 3.66. The highest BCUT2D eigenvalue weighted by Crippen LogP contribution is 2.32. The monoisotopic (exact) mass is 217 g/mol. The zero-order chi connectivity index (χ0) is 10.4. The van der Waals surface area contributed by atoms with E-state index in [0.717, 1.165) is 12.5 Å². The molecule has 1 aliphatic rings. The van der Waals surface area contributed by atoms with Crippen molar-refractivity contribution in [2.75, 3.05) is 25.2 Å². The van der Waals surface area contributed by atoms with Crippen LogP contribution in [0.15, 0.2) is 0 Å². The van der Waals surface area contributed by atoms with E-state index in [9.17, 15) is 0 Å². The van der Waals surface area contributed by atoms with E-state index in [-0.39, 0.29) is 0 Å². The molecular formula is C11H23NOS. The lowest BCUT2D eigenvalue weighted by Gasteiger charge is -2.19. The predicted molar refractivity (Wildman–Crippen MR) is 64.0 cm³/mol. The average molecular weight is 217 g/mol. The molecule has 0 spiro atoms. The Morgan fingerprint density at radius 3 is 2.71 bits per heavy atom. The summed E-state index contributed by atoms with van der Waals surface area (Å²) in [6, 6.07) is 0.460. The van der Waals surface area contributed by atoms with Gasteiger partial charge in [-0.1, -0.05) is 0 Å². The number of hydrogen-bond donors (Lipinski definition) is 1. The number of thioether (sulfide) groups is 1. The lowest BCUT2D eigenvalue weighted by Crippen LogP contribution is -2.37. The molecule has 0 aliphatic heterocycles. The molecule has 84 valence electrons. The van der Waals surface area contributed by atoms with Crippen molar-refractivity contribution >= 4 is 11.8 Å². The van der Waals surface area contributed by atoms with Gasteiger partial charge in [-0.2, -0.15) is 11.8 Å². The van der Waals surface area contributed by atoms with Crippen LogP contribution in [0.3, 0.4) is 0 Å². The molecule has 0 aromatic heterocycles. The van der Waals surface area contributed by atoms with Crippen molar-refractivity contribution < 1.29 is 4.74 Å². The first-order valence-corrected chi connectivity index (χ1v) is 6.73. The van der Waals surface area contributed by atoms with Gasteiger partial charge in [0.1, 0.15) is 0 Å². The second-order valence-corrected chi connectivity index (χ2v) is 5.35.